The molecule has 1 aliphatic carbocycles. The van der Waals surface area contributed by atoms with E-state index in [4.69, 9.17) is 10.1 Å². The molecule has 9 heteroatoms. The minimum absolute atomic E-state index is 0.0105. The molecule has 1 amide bonds. The van der Waals surface area contributed by atoms with E-state index in [2.05, 4.69) is 40.4 Å². The number of aliphatic hydroxyl groups is 1. The summed E-state index contributed by atoms with van der Waals surface area (Å²) in [5.41, 5.74) is 4.58. The third-order valence-electron chi connectivity index (χ3n) is 8.15. The van der Waals surface area contributed by atoms with E-state index < -0.39 is 11.6 Å². The maximum atomic E-state index is 13.3. The number of amidine groups is 1. The zero-order valence-corrected chi connectivity index (χ0v) is 24.1. The Morgan fingerprint density at radius 1 is 1.27 bits per heavy atom. The first-order valence-corrected chi connectivity index (χ1v) is 14.3. The van der Waals surface area contributed by atoms with Gasteiger partial charge in [0.25, 0.3) is 0 Å². The van der Waals surface area contributed by atoms with Crippen molar-refractivity contribution in [3.63, 3.8) is 0 Å². The predicted octanol–water partition coefficient (Wildman–Crippen LogP) is 4.17. The molecule has 1 aromatic rings. The van der Waals surface area contributed by atoms with Crippen LogP contribution in [0.15, 0.2) is 51.3 Å². The molecule has 2 aliphatic heterocycles. The molecule has 40 heavy (non-hydrogen) atoms. The number of aliphatic imine (C=N–C) groups is 2. The Morgan fingerprint density at radius 2 is 2.02 bits per heavy atom. The first kappa shape index (κ1) is 29.4. The van der Waals surface area contributed by atoms with E-state index in [1.165, 1.54) is 12.5 Å². The fraction of sp³-hybridized carbons (Fsp3) is 0.516. The number of aliphatic hydroxyl groups excluding tert-OH is 1. The molecule has 3 aliphatic rings. The highest BCUT2D eigenvalue weighted by atomic mass is 16.6. The lowest BCUT2D eigenvalue weighted by atomic mass is 9.76. The molecule has 1 unspecified atom stereocenters. The maximum absolute atomic E-state index is 13.3. The molecule has 1 aromatic carbocycles. The normalized spacial score (nSPS) is 22.7. The molecule has 1 atom stereocenters. The number of hydrogen-bond acceptors (Lipinski definition) is 5. The van der Waals surface area contributed by atoms with E-state index in [1.807, 2.05) is 19.9 Å². The van der Waals surface area contributed by atoms with Gasteiger partial charge in [0.15, 0.2) is 0 Å². The molecule has 0 bridgehead atoms. The quantitative estimate of drug-likeness (QED) is 0.209. The van der Waals surface area contributed by atoms with Crippen LogP contribution in [-0.4, -0.2) is 40.1 Å². The lowest BCUT2D eigenvalue weighted by Crippen LogP contribution is -2.86. The number of nitrogens with two attached hydrogens (primary N) is 1. The summed E-state index contributed by atoms with van der Waals surface area (Å²) in [6, 6.07) is 6.32. The molecule has 9 nitrogen and oxygen atoms in total. The van der Waals surface area contributed by atoms with Gasteiger partial charge in [0.05, 0.1) is 11.3 Å². The van der Waals surface area contributed by atoms with Crippen LogP contribution in [0.2, 0.25) is 0 Å². The van der Waals surface area contributed by atoms with Crippen molar-refractivity contribution >= 4 is 29.4 Å². The number of carbonyl (C=O) groups is 2. The second-order valence-electron chi connectivity index (χ2n) is 11.3. The molecule has 0 saturated heterocycles. The second kappa shape index (κ2) is 12.7. The highest BCUT2D eigenvalue weighted by Crippen LogP contribution is 2.46. The molecule has 214 valence electrons. The summed E-state index contributed by atoms with van der Waals surface area (Å²) in [6.45, 7) is 7.93. The van der Waals surface area contributed by atoms with Gasteiger partial charge in [-0.2, -0.15) is 9.98 Å². The van der Waals surface area contributed by atoms with Gasteiger partial charge in [0.1, 0.15) is 22.9 Å². The van der Waals surface area contributed by atoms with Crippen LogP contribution in [-0.2, 0) is 33.7 Å². The van der Waals surface area contributed by atoms with Crippen LogP contribution < -0.4 is 10.6 Å². The van der Waals surface area contributed by atoms with Crippen molar-refractivity contribution < 1.29 is 24.7 Å². The molecule has 0 aromatic heterocycles. The van der Waals surface area contributed by atoms with Gasteiger partial charge < -0.3 is 15.2 Å². The maximum Gasteiger partial charge on any atom is 0.338 e. The topological polar surface area (TPSA) is 141 Å². The smallest absolute Gasteiger partial charge is 0.338 e. The van der Waals surface area contributed by atoms with Gasteiger partial charge in [0, 0.05) is 39.3 Å². The van der Waals surface area contributed by atoms with E-state index >= 15 is 0 Å². The number of ether oxygens (including phenoxy) is 1. The summed E-state index contributed by atoms with van der Waals surface area (Å²) in [7, 11) is 0. The van der Waals surface area contributed by atoms with Crippen LogP contribution in [0.3, 0.4) is 0 Å². The highest BCUT2D eigenvalue weighted by molar-refractivity contribution is 6.05. The predicted molar refractivity (Wildman–Crippen MR) is 155 cm³/mol. The van der Waals surface area contributed by atoms with Crippen LogP contribution in [0.1, 0.15) is 89.3 Å². The van der Waals surface area contributed by atoms with Crippen LogP contribution in [0, 0.1) is 11.3 Å². The fourth-order valence-corrected chi connectivity index (χ4v) is 6.12. The Morgan fingerprint density at radius 3 is 2.67 bits per heavy atom. The zero-order valence-electron chi connectivity index (χ0n) is 24.1. The number of nitrogens with zero attached hydrogens (tertiary/aromatic N) is 2. The van der Waals surface area contributed by atoms with Gasteiger partial charge in [0.2, 0.25) is 5.91 Å². The number of carbonyl (C=O) groups excluding carboxylic acids is 2. The Kier molecular flexibility index (Phi) is 9.35. The largest absolute Gasteiger partial charge is 0.512 e. The summed E-state index contributed by atoms with van der Waals surface area (Å²) in [5.74, 6) is -0.0344. The van der Waals surface area contributed by atoms with Crippen LogP contribution in [0.4, 0.5) is 0 Å². The Bertz CT molecular complexity index is 1300. The number of rotatable bonds is 9. The molecule has 0 radical (unpaired) electrons. The van der Waals surface area contributed by atoms with E-state index in [0.29, 0.717) is 25.3 Å². The fourth-order valence-electron chi connectivity index (χ4n) is 6.12. The number of cyclic esters (lactones) is 1. The first-order chi connectivity index (χ1) is 19.1. The van der Waals surface area contributed by atoms with Crippen molar-refractivity contribution in [2.45, 2.75) is 97.6 Å². The Labute approximate surface area is 236 Å². The van der Waals surface area contributed by atoms with Crippen LogP contribution in [0.25, 0.3) is 0 Å². The Hall–Kier alpha value is -3.59. The van der Waals surface area contributed by atoms with Gasteiger partial charge in [-0.15, -0.1) is 0 Å². The minimum Gasteiger partial charge on any atom is -0.512 e. The summed E-state index contributed by atoms with van der Waals surface area (Å²) < 4.78 is 6.24. The van der Waals surface area contributed by atoms with Gasteiger partial charge in [-0.3, -0.25) is 15.5 Å². The van der Waals surface area contributed by atoms with Crippen LogP contribution >= 0.6 is 0 Å². The summed E-state index contributed by atoms with van der Waals surface area (Å²) in [5, 5.41) is 24.2. The number of allylic oxidation sites excluding steroid dienone is 2. The van der Waals surface area contributed by atoms with Gasteiger partial charge in [-0.05, 0) is 61.6 Å². The summed E-state index contributed by atoms with van der Waals surface area (Å²) in [4.78, 5) is 33.3. The summed E-state index contributed by atoms with van der Waals surface area (Å²) >= 11 is 0. The lowest BCUT2D eigenvalue weighted by Gasteiger charge is -2.42. The third kappa shape index (κ3) is 7.13. The van der Waals surface area contributed by atoms with Crippen molar-refractivity contribution in [3.05, 3.63) is 58.0 Å². The molecule has 2 heterocycles. The average molecular weight is 549 g/mol. The van der Waals surface area contributed by atoms with Gasteiger partial charge >= 0.3 is 11.9 Å². The second-order valence-corrected chi connectivity index (χ2v) is 11.3. The molecule has 4 rings (SSSR count). The molecule has 1 saturated carbocycles. The van der Waals surface area contributed by atoms with E-state index in [-0.39, 0.29) is 41.8 Å². The van der Waals surface area contributed by atoms with Crippen molar-refractivity contribution in [1.82, 2.24) is 5.32 Å². The number of benzene rings is 1. The SMILES string of the molecule is CCc1cc(CCC2(C3CCCC3)CC(O)=C(CC(=N)N=C3N=C(C)C=C(C)[NH2+]3)C(=O)O2)ccc1CNC(C)=O. The number of hydrogen-bond donors (Lipinski definition) is 4. The number of quaternary nitrogens is 1. The van der Waals surface area contributed by atoms with Crippen molar-refractivity contribution in [1.29, 1.82) is 5.41 Å². The minimum atomic E-state index is -0.767. The third-order valence-corrected chi connectivity index (χ3v) is 8.15. The molecule has 0 spiro atoms. The lowest BCUT2D eigenvalue weighted by molar-refractivity contribution is -0.486. The van der Waals surface area contributed by atoms with Crippen molar-refractivity contribution in [2.75, 3.05) is 0 Å². The number of esters is 1. The van der Waals surface area contributed by atoms with E-state index in [0.717, 1.165) is 54.6 Å². The molecule has 1 fully saturated rings. The number of guanidine groups is 1. The van der Waals surface area contributed by atoms with Gasteiger partial charge in [-0.25, -0.2) is 4.79 Å². The Balaban J connectivity index is 1.50. The molecular formula is C31H42N5O4+. The van der Waals surface area contributed by atoms with E-state index in [1.54, 1.807) is 5.32 Å². The summed E-state index contributed by atoms with van der Waals surface area (Å²) in [6.07, 6.45) is 8.38. The number of nitrogens with one attached hydrogen (secondary N) is 2. The highest BCUT2D eigenvalue weighted by Gasteiger charge is 2.48. The monoisotopic (exact) mass is 548 g/mol. The first-order valence-electron chi connectivity index (χ1n) is 14.3. The van der Waals surface area contributed by atoms with Crippen LogP contribution in [0.5, 0.6) is 0 Å². The number of amides is 1. The van der Waals surface area contributed by atoms with Crippen molar-refractivity contribution in [2.24, 2.45) is 15.9 Å². The van der Waals surface area contributed by atoms with Crippen molar-refractivity contribution in [3.8, 4) is 0 Å². The average Bonchev–Trinajstić information content (AvgIpc) is 3.44. The number of aryl methyl sites for hydroxylation is 2. The van der Waals surface area contributed by atoms with Gasteiger partial charge in [-0.1, -0.05) is 38.0 Å². The van der Waals surface area contributed by atoms with E-state index in [9.17, 15) is 14.7 Å². The molecule has 5 N–H and O–H groups in total. The zero-order chi connectivity index (χ0) is 28.9. The standard InChI is InChI=1S/C31H41N5O4/c1-5-23-15-22(10-11-24(23)18-33-21(4)37)12-13-31(25-8-6-7-9-25)17-27(38)26(29(39)40-31)16-28(32)36-30-34-19(2)14-20(3)35-30/h10-11,14-15,25,38H,5-9,12-13,16-18H2,1-4H3,(H,33,37)(H2,32,34,35,36)/p+1. The molecular weight excluding hydrogens is 506 g/mol.